The lowest BCUT2D eigenvalue weighted by atomic mass is 9.78. The molecule has 0 radical (unpaired) electrons. The van der Waals surface area contributed by atoms with Crippen LogP contribution in [0.15, 0.2) is 65.1 Å². The lowest BCUT2D eigenvalue weighted by molar-refractivity contribution is -0.142. The average Bonchev–Trinajstić information content (AvgIpc) is 3.43. The van der Waals surface area contributed by atoms with Gasteiger partial charge >= 0.3 is 6.09 Å². The summed E-state index contributed by atoms with van der Waals surface area (Å²) in [5.41, 5.74) is 1.03. The number of Topliss-reactive ketones (excluding diaryl/α,β-unsaturated/α-hetero) is 1. The topological polar surface area (TPSA) is 126 Å². The first-order valence-corrected chi connectivity index (χ1v) is 13.9. The van der Waals surface area contributed by atoms with Crippen LogP contribution in [0.4, 0.5) is 4.79 Å². The Labute approximate surface area is 236 Å². The van der Waals surface area contributed by atoms with E-state index in [1.54, 1.807) is 6.92 Å². The molecule has 0 spiro atoms. The molecular formula is C31H40N4O5. The van der Waals surface area contributed by atoms with Gasteiger partial charge in [-0.05, 0) is 42.9 Å². The lowest BCUT2D eigenvalue weighted by Gasteiger charge is -2.43. The fraction of sp³-hybridized carbons (Fsp3) is 0.452. The second-order valence-electron chi connectivity index (χ2n) is 10.7. The molecule has 2 N–H and O–H groups in total. The molecule has 0 saturated carbocycles. The Bertz CT molecular complexity index is 1260. The van der Waals surface area contributed by atoms with Crippen LogP contribution in [-0.4, -0.2) is 50.1 Å². The van der Waals surface area contributed by atoms with Crippen LogP contribution in [0.2, 0.25) is 0 Å². The Hall–Kier alpha value is -4.01. The molecule has 3 rings (SSSR count). The van der Waals surface area contributed by atoms with Crippen LogP contribution in [0.3, 0.4) is 0 Å². The maximum atomic E-state index is 13.7. The normalized spacial score (nSPS) is 13.7. The highest BCUT2D eigenvalue weighted by Crippen LogP contribution is 2.34. The summed E-state index contributed by atoms with van der Waals surface area (Å²) in [6, 6.07) is 16.3. The highest BCUT2D eigenvalue weighted by molar-refractivity contribution is 6.38. The zero-order valence-electron chi connectivity index (χ0n) is 24.0. The smallest absolute Gasteiger partial charge is 0.408 e. The van der Waals surface area contributed by atoms with E-state index in [1.807, 2.05) is 88.4 Å². The monoisotopic (exact) mass is 548 g/mol. The molecule has 0 fully saturated rings. The van der Waals surface area contributed by atoms with Crippen LogP contribution >= 0.6 is 0 Å². The number of amides is 2. The third-order valence-electron chi connectivity index (χ3n) is 7.57. The summed E-state index contributed by atoms with van der Waals surface area (Å²) >= 11 is 0. The van der Waals surface area contributed by atoms with Gasteiger partial charge in [-0.25, -0.2) is 4.79 Å². The predicted octanol–water partition coefficient (Wildman–Crippen LogP) is 6.07. The minimum Gasteiger partial charge on any atom is -0.465 e. The van der Waals surface area contributed by atoms with E-state index in [2.05, 4.69) is 15.5 Å². The molecular weight excluding hydrogens is 508 g/mol. The minimum absolute atomic E-state index is 0.102. The lowest BCUT2D eigenvalue weighted by Crippen LogP contribution is -2.58. The Balaban J connectivity index is 1.94. The van der Waals surface area contributed by atoms with Crippen molar-refractivity contribution in [1.29, 1.82) is 0 Å². The molecule has 0 saturated heterocycles. The van der Waals surface area contributed by atoms with Crippen LogP contribution in [-0.2, 0) is 16.0 Å². The largest absolute Gasteiger partial charge is 0.465 e. The third kappa shape index (κ3) is 7.55. The summed E-state index contributed by atoms with van der Waals surface area (Å²) in [6.07, 6.45) is 1.00. The SMILES string of the molecule is CCCC[C@@H](C(=O)C(=O)N[C@H](C)c1ccccc1)N(C(=O)O)[C@@H](Cc1nnc(-c2ccccc2)o1)C(C)(C)CC. The van der Waals surface area contributed by atoms with Gasteiger partial charge in [-0.3, -0.25) is 14.5 Å². The van der Waals surface area contributed by atoms with Gasteiger partial charge in [-0.2, -0.15) is 0 Å². The number of ketones is 1. The molecule has 0 aliphatic carbocycles. The molecule has 214 valence electrons. The van der Waals surface area contributed by atoms with Gasteiger partial charge in [0.25, 0.3) is 5.91 Å². The summed E-state index contributed by atoms with van der Waals surface area (Å²) in [4.78, 5) is 40.9. The molecule has 0 aliphatic heterocycles. The first-order chi connectivity index (χ1) is 19.1. The van der Waals surface area contributed by atoms with Crippen LogP contribution in [0.5, 0.6) is 0 Å². The van der Waals surface area contributed by atoms with Gasteiger partial charge in [0.15, 0.2) is 0 Å². The third-order valence-corrected chi connectivity index (χ3v) is 7.57. The van der Waals surface area contributed by atoms with E-state index < -0.39 is 41.3 Å². The number of unbranched alkanes of at least 4 members (excludes halogenated alkanes) is 1. The average molecular weight is 549 g/mol. The molecule has 0 aliphatic rings. The summed E-state index contributed by atoms with van der Waals surface area (Å²) in [5.74, 6) is -0.981. The van der Waals surface area contributed by atoms with Crippen molar-refractivity contribution in [3.63, 3.8) is 0 Å². The molecule has 0 unspecified atom stereocenters. The van der Waals surface area contributed by atoms with Gasteiger partial charge in [0.2, 0.25) is 17.6 Å². The first kappa shape index (κ1) is 30.5. The quantitative estimate of drug-likeness (QED) is 0.234. The van der Waals surface area contributed by atoms with Gasteiger partial charge in [0.1, 0.15) is 6.04 Å². The molecule has 3 atom stereocenters. The van der Waals surface area contributed by atoms with Crippen molar-refractivity contribution in [2.45, 2.75) is 84.8 Å². The van der Waals surface area contributed by atoms with Gasteiger partial charge in [0.05, 0.1) is 6.04 Å². The standard InChI is InChI=1S/C31H40N4O5/c1-6-8-19-24(27(36)28(37)32-21(3)22-15-11-9-12-16-22)35(30(38)39)25(31(4,5)7-2)20-26-33-34-29(40-26)23-17-13-10-14-18-23/h9-18,21,24-25H,6-8,19-20H2,1-5H3,(H,32,37)(H,38,39)/t21-,24+,25+/m1/s1. The maximum Gasteiger partial charge on any atom is 0.408 e. The Morgan fingerprint density at radius 1 is 1.00 bits per heavy atom. The fourth-order valence-electron chi connectivity index (χ4n) is 4.71. The predicted molar refractivity (Wildman–Crippen MR) is 152 cm³/mol. The molecule has 40 heavy (non-hydrogen) atoms. The van der Waals surface area contributed by atoms with E-state index in [4.69, 9.17) is 4.42 Å². The van der Waals surface area contributed by atoms with E-state index in [0.717, 1.165) is 22.4 Å². The summed E-state index contributed by atoms with van der Waals surface area (Å²) in [6.45, 7) is 9.61. The van der Waals surface area contributed by atoms with E-state index >= 15 is 0 Å². The molecule has 9 nitrogen and oxygen atoms in total. The van der Waals surface area contributed by atoms with E-state index in [0.29, 0.717) is 18.7 Å². The number of nitrogens with zero attached hydrogens (tertiary/aromatic N) is 3. The van der Waals surface area contributed by atoms with Crippen molar-refractivity contribution in [1.82, 2.24) is 20.4 Å². The molecule has 1 heterocycles. The minimum atomic E-state index is -1.27. The fourth-order valence-corrected chi connectivity index (χ4v) is 4.71. The Morgan fingerprint density at radius 3 is 2.20 bits per heavy atom. The number of carbonyl (C=O) groups excluding carboxylic acids is 2. The highest BCUT2D eigenvalue weighted by atomic mass is 16.4. The van der Waals surface area contributed by atoms with Crippen LogP contribution < -0.4 is 5.32 Å². The highest BCUT2D eigenvalue weighted by Gasteiger charge is 2.44. The number of nitrogens with one attached hydrogen (secondary N) is 1. The van der Waals surface area contributed by atoms with Gasteiger partial charge < -0.3 is 14.8 Å². The molecule has 9 heteroatoms. The van der Waals surface area contributed by atoms with Crippen molar-refractivity contribution >= 4 is 17.8 Å². The maximum absolute atomic E-state index is 13.7. The summed E-state index contributed by atoms with van der Waals surface area (Å²) in [7, 11) is 0. The Kier molecular flexibility index (Phi) is 10.6. The number of hydrogen-bond acceptors (Lipinski definition) is 6. The number of rotatable bonds is 14. The van der Waals surface area contributed by atoms with Crippen molar-refractivity contribution in [2.24, 2.45) is 5.41 Å². The van der Waals surface area contributed by atoms with Crippen molar-refractivity contribution in [2.75, 3.05) is 0 Å². The van der Waals surface area contributed by atoms with Gasteiger partial charge in [-0.15, -0.1) is 10.2 Å². The number of carbonyl (C=O) groups is 3. The summed E-state index contributed by atoms with van der Waals surface area (Å²) < 4.78 is 5.93. The first-order valence-electron chi connectivity index (χ1n) is 13.9. The van der Waals surface area contributed by atoms with Crippen molar-refractivity contribution in [3.05, 3.63) is 72.1 Å². The molecule has 1 aromatic heterocycles. The molecule has 0 bridgehead atoms. The van der Waals surface area contributed by atoms with Gasteiger partial charge in [0, 0.05) is 18.0 Å². The van der Waals surface area contributed by atoms with E-state index in [1.165, 1.54) is 0 Å². The van der Waals surface area contributed by atoms with Crippen LogP contribution in [0.25, 0.3) is 11.5 Å². The van der Waals surface area contributed by atoms with Gasteiger partial charge in [-0.1, -0.05) is 89.1 Å². The second kappa shape index (κ2) is 13.9. The van der Waals surface area contributed by atoms with Crippen LogP contribution in [0.1, 0.15) is 77.8 Å². The zero-order chi connectivity index (χ0) is 29.3. The Morgan fingerprint density at radius 2 is 1.62 bits per heavy atom. The van der Waals surface area contributed by atoms with Crippen LogP contribution in [0, 0.1) is 5.41 Å². The number of hydrogen-bond donors (Lipinski definition) is 2. The zero-order valence-corrected chi connectivity index (χ0v) is 24.0. The van der Waals surface area contributed by atoms with E-state index in [-0.39, 0.29) is 18.7 Å². The molecule has 2 amide bonds. The van der Waals surface area contributed by atoms with Crippen molar-refractivity contribution < 1.29 is 23.9 Å². The number of benzene rings is 2. The number of aromatic nitrogens is 2. The van der Waals surface area contributed by atoms with Crippen molar-refractivity contribution in [3.8, 4) is 11.5 Å². The molecule has 2 aromatic carbocycles. The van der Waals surface area contributed by atoms with E-state index in [9.17, 15) is 19.5 Å². The second-order valence-corrected chi connectivity index (χ2v) is 10.7. The molecule has 3 aromatic rings. The summed E-state index contributed by atoms with van der Waals surface area (Å²) in [5, 5.41) is 21.6. The number of carboxylic acid groups (broad SMARTS) is 1.